The first-order valence-electron chi connectivity index (χ1n) is 14.7. The van der Waals surface area contributed by atoms with Crippen LogP contribution in [0.1, 0.15) is 54.4 Å². The summed E-state index contributed by atoms with van der Waals surface area (Å²) in [6.07, 6.45) is -5.50. The number of aromatic amines is 1. The molecular weight excluding hydrogens is 660 g/mol. The Balaban J connectivity index is 1.33. The van der Waals surface area contributed by atoms with Crippen LogP contribution >= 0.6 is 23.2 Å². The van der Waals surface area contributed by atoms with E-state index in [2.05, 4.69) is 30.9 Å². The van der Waals surface area contributed by atoms with Crippen LogP contribution in [0.25, 0.3) is 11.2 Å². The number of anilines is 2. The summed E-state index contributed by atoms with van der Waals surface area (Å²) in [5.41, 5.74) is 0.916. The van der Waals surface area contributed by atoms with Crippen molar-refractivity contribution in [1.29, 1.82) is 0 Å². The molecule has 1 saturated carbocycles. The molecule has 1 atom stereocenters. The van der Waals surface area contributed by atoms with Crippen LogP contribution in [0.4, 0.5) is 33.6 Å². The highest BCUT2D eigenvalue weighted by Gasteiger charge is 2.41. The minimum Gasteiger partial charge on any atom is -0.471 e. The van der Waals surface area contributed by atoms with Crippen LogP contribution in [0.15, 0.2) is 18.2 Å². The predicted molar refractivity (Wildman–Crippen MR) is 162 cm³/mol. The number of nitrogens with zero attached hydrogens (tertiary/aromatic N) is 3. The van der Waals surface area contributed by atoms with Gasteiger partial charge in [-0.05, 0) is 69.8 Å². The van der Waals surface area contributed by atoms with E-state index in [1.165, 1.54) is 6.07 Å². The number of hydrogen-bond acceptors (Lipinski definition) is 7. The van der Waals surface area contributed by atoms with Crippen molar-refractivity contribution in [2.24, 2.45) is 5.92 Å². The number of amides is 2. The van der Waals surface area contributed by atoms with Crippen LogP contribution in [0.2, 0.25) is 10.0 Å². The number of likely N-dealkylation sites (N-methyl/N-ethyl adjacent to an activating group) is 1. The molecule has 2 aromatic heterocycles. The Morgan fingerprint density at radius 1 is 1.13 bits per heavy atom. The Hall–Kier alpha value is -3.43. The predicted octanol–water partition coefficient (Wildman–Crippen LogP) is 6.21. The van der Waals surface area contributed by atoms with Gasteiger partial charge in [-0.1, -0.05) is 29.3 Å². The molecule has 1 saturated heterocycles. The lowest BCUT2D eigenvalue weighted by Gasteiger charge is -2.30. The summed E-state index contributed by atoms with van der Waals surface area (Å²) < 4.78 is 70.3. The van der Waals surface area contributed by atoms with Gasteiger partial charge in [-0.2, -0.15) is 23.1 Å². The summed E-state index contributed by atoms with van der Waals surface area (Å²) in [5, 5.41) is 9.02. The van der Waals surface area contributed by atoms with Crippen molar-refractivity contribution in [1.82, 2.24) is 30.5 Å². The molecule has 46 heavy (non-hydrogen) atoms. The molecule has 3 heterocycles. The van der Waals surface area contributed by atoms with Gasteiger partial charge in [0.15, 0.2) is 12.3 Å². The largest absolute Gasteiger partial charge is 0.471 e. The highest BCUT2D eigenvalue weighted by molar-refractivity contribution is 6.39. The number of ether oxygens (including phenoxy) is 1. The third-order valence-electron chi connectivity index (χ3n) is 8.24. The van der Waals surface area contributed by atoms with Gasteiger partial charge < -0.3 is 25.7 Å². The summed E-state index contributed by atoms with van der Waals surface area (Å²) in [4.78, 5) is 39.2. The molecule has 1 aliphatic heterocycles. The summed E-state index contributed by atoms with van der Waals surface area (Å²) >= 11 is 13.1. The summed E-state index contributed by atoms with van der Waals surface area (Å²) in [7, 11) is 1.90. The van der Waals surface area contributed by atoms with Crippen molar-refractivity contribution in [3.8, 4) is 5.88 Å². The first-order valence-corrected chi connectivity index (χ1v) is 15.5. The van der Waals surface area contributed by atoms with E-state index in [0.717, 1.165) is 19.4 Å². The fourth-order valence-corrected chi connectivity index (χ4v) is 6.27. The third kappa shape index (κ3) is 7.92. The molecule has 0 radical (unpaired) electrons. The molecule has 1 unspecified atom stereocenters. The highest BCUT2D eigenvalue weighted by Crippen LogP contribution is 2.38. The standard InChI is InChI=1S/C29H32Cl2F5N7O3/c1-43-10-2-3-20(43)26(45)37-12-14-4-9-18(30)23(22(14)31)40-28-39-19-11-17(27(41-24(19)42-28)46-13-21(32)33)25(44)38-16-7-5-15(6-8-16)29(34,35)36/h4,9,11,15-16,20-21H,2-3,5-8,10,12-13H2,1H3,(H,37,45)(H,38,44)(H2,39,40,41,42). The van der Waals surface area contributed by atoms with E-state index in [1.54, 1.807) is 12.1 Å². The number of fused-ring (bicyclic) bond motifs is 1. The molecule has 1 aromatic carbocycles. The minimum atomic E-state index is -4.30. The maximum Gasteiger partial charge on any atom is 0.391 e. The molecule has 0 spiro atoms. The van der Waals surface area contributed by atoms with Gasteiger partial charge in [0.05, 0.1) is 33.2 Å². The van der Waals surface area contributed by atoms with E-state index in [-0.39, 0.29) is 82.6 Å². The lowest BCUT2D eigenvalue weighted by atomic mass is 9.85. The molecule has 5 rings (SSSR count). The van der Waals surface area contributed by atoms with Gasteiger partial charge in [0.1, 0.15) is 5.56 Å². The van der Waals surface area contributed by atoms with Crippen molar-refractivity contribution in [2.75, 3.05) is 25.5 Å². The number of benzene rings is 1. The topological polar surface area (TPSA) is 124 Å². The molecule has 1 aliphatic carbocycles. The number of alkyl halides is 5. The van der Waals surface area contributed by atoms with E-state index in [1.807, 2.05) is 11.9 Å². The Kier molecular flexibility index (Phi) is 10.4. The molecule has 0 bridgehead atoms. The Labute approximate surface area is 270 Å². The van der Waals surface area contributed by atoms with Gasteiger partial charge in [0.2, 0.25) is 17.7 Å². The van der Waals surface area contributed by atoms with E-state index in [9.17, 15) is 31.5 Å². The van der Waals surface area contributed by atoms with E-state index < -0.39 is 43.0 Å². The molecule has 2 fully saturated rings. The number of carbonyl (C=O) groups is 2. The molecule has 2 aliphatic rings. The monoisotopic (exact) mass is 691 g/mol. The van der Waals surface area contributed by atoms with Gasteiger partial charge >= 0.3 is 6.18 Å². The zero-order valence-electron chi connectivity index (χ0n) is 24.6. The molecule has 250 valence electrons. The lowest BCUT2D eigenvalue weighted by Crippen LogP contribution is -2.41. The van der Waals surface area contributed by atoms with Crippen molar-refractivity contribution in [3.05, 3.63) is 39.4 Å². The first kappa shape index (κ1) is 33.9. The van der Waals surface area contributed by atoms with Crippen LogP contribution in [0.3, 0.4) is 0 Å². The van der Waals surface area contributed by atoms with Crippen molar-refractivity contribution >= 4 is 57.8 Å². The van der Waals surface area contributed by atoms with Crippen LogP contribution in [0, 0.1) is 5.92 Å². The summed E-state index contributed by atoms with van der Waals surface area (Å²) in [6.45, 7) is -0.0498. The SMILES string of the molecule is CN1CCCC1C(=O)NCc1ccc(Cl)c(Nc2nc3nc(OCC(F)F)c(C(=O)NC4CCC(C(F)(F)F)CC4)cc3[nH]2)c1Cl. The van der Waals surface area contributed by atoms with Crippen molar-refractivity contribution < 1.29 is 36.3 Å². The van der Waals surface area contributed by atoms with E-state index >= 15 is 0 Å². The number of rotatable bonds is 10. The Morgan fingerprint density at radius 2 is 1.87 bits per heavy atom. The molecule has 3 aromatic rings. The van der Waals surface area contributed by atoms with Gasteiger partial charge in [0, 0.05) is 12.6 Å². The number of nitrogens with one attached hydrogen (secondary N) is 4. The number of halogens is 7. The van der Waals surface area contributed by atoms with Gasteiger partial charge in [-0.15, -0.1) is 0 Å². The highest BCUT2D eigenvalue weighted by atomic mass is 35.5. The number of carbonyl (C=O) groups excluding carboxylic acids is 2. The lowest BCUT2D eigenvalue weighted by molar-refractivity contribution is -0.182. The quantitative estimate of drug-likeness (QED) is 0.186. The summed E-state index contributed by atoms with van der Waals surface area (Å²) in [6, 6.07) is 3.84. The second-order valence-electron chi connectivity index (χ2n) is 11.4. The van der Waals surface area contributed by atoms with Crippen LogP contribution in [-0.2, 0) is 11.3 Å². The molecule has 10 nitrogen and oxygen atoms in total. The second kappa shape index (κ2) is 14.1. The summed E-state index contributed by atoms with van der Waals surface area (Å²) in [5.74, 6) is -2.58. The van der Waals surface area contributed by atoms with Crippen LogP contribution < -0.4 is 20.7 Å². The van der Waals surface area contributed by atoms with Crippen molar-refractivity contribution in [2.45, 2.75) is 69.8 Å². The number of aromatic nitrogens is 3. The third-order valence-corrected chi connectivity index (χ3v) is 8.99. The number of hydrogen-bond donors (Lipinski definition) is 4. The van der Waals surface area contributed by atoms with Crippen molar-refractivity contribution in [3.63, 3.8) is 0 Å². The number of imidazole rings is 1. The van der Waals surface area contributed by atoms with Gasteiger partial charge in [-0.3, -0.25) is 14.5 Å². The average molecular weight is 693 g/mol. The molecule has 17 heteroatoms. The zero-order valence-corrected chi connectivity index (χ0v) is 26.1. The fraction of sp³-hybridized carbons (Fsp3) is 0.517. The maximum atomic E-state index is 13.2. The molecule has 4 N–H and O–H groups in total. The molecule has 2 amide bonds. The zero-order chi connectivity index (χ0) is 33.2. The van der Waals surface area contributed by atoms with Gasteiger partial charge in [0.25, 0.3) is 12.3 Å². The fourth-order valence-electron chi connectivity index (χ4n) is 5.73. The number of likely N-dealkylation sites (tertiary alicyclic amines) is 1. The Bertz CT molecular complexity index is 1580. The second-order valence-corrected chi connectivity index (χ2v) is 12.2. The first-order chi connectivity index (χ1) is 21.8. The smallest absolute Gasteiger partial charge is 0.391 e. The maximum absolute atomic E-state index is 13.2. The van der Waals surface area contributed by atoms with Gasteiger partial charge in [-0.25, -0.2) is 8.78 Å². The Morgan fingerprint density at radius 3 is 2.52 bits per heavy atom. The molecular formula is C29H32Cl2F5N7O3. The number of pyridine rings is 1. The van der Waals surface area contributed by atoms with E-state index in [0.29, 0.717) is 5.56 Å². The normalized spacial score (nSPS) is 20.7. The average Bonchev–Trinajstić information content (AvgIpc) is 3.61. The van der Waals surface area contributed by atoms with E-state index in [4.69, 9.17) is 27.9 Å². The number of H-pyrrole nitrogens is 1. The minimum absolute atomic E-state index is 0.0188. The van der Waals surface area contributed by atoms with Crippen LogP contribution in [-0.4, -0.2) is 76.6 Å². The van der Waals surface area contributed by atoms with Crippen LogP contribution in [0.5, 0.6) is 5.88 Å².